The molecule has 1 N–H and O–H groups in total. The third-order valence-corrected chi connectivity index (χ3v) is 3.42. The van der Waals surface area contributed by atoms with Gasteiger partial charge in [-0.15, -0.1) is 0 Å². The molecule has 0 aliphatic carbocycles. The molecule has 1 atom stereocenters. The zero-order chi connectivity index (χ0) is 13.7. The van der Waals surface area contributed by atoms with Gasteiger partial charge >= 0.3 is 0 Å². The number of nitrogens with one attached hydrogen (secondary N) is 1. The zero-order valence-electron chi connectivity index (χ0n) is 11.4. The van der Waals surface area contributed by atoms with Crippen molar-refractivity contribution < 1.29 is 4.42 Å². The van der Waals surface area contributed by atoms with E-state index in [0.29, 0.717) is 5.22 Å². The molecule has 0 fully saturated rings. The highest BCUT2D eigenvalue weighted by Crippen LogP contribution is 2.26. The average Bonchev–Trinajstić information content (AvgIpc) is 3.03. The fourth-order valence-corrected chi connectivity index (χ4v) is 2.33. The second-order valence-corrected chi connectivity index (χ2v) is 4.91. The number of aromatic nitrogens is 2. The van der Waals surface area contributed by atoms with Crippen LogP contribution in [0.4, 0.5) is 0 Å². The summed E-state index contributed by atoms with van der Waals surface area (Å²) in [5, 5.41) is 8.28. The molecule has 2 aromatic heterocycles. The number of hydrogen-bond donors (Lipinski definition) is 1. The fraction of sp³-hybridized carbons (Fsp3) is 0.500. The van der Waals surface area contributed by atoms with Crippen LogP contribution in [0.1, 0.15) is 37.4 Å². The minimum absolute atomic E-state index is 0.167. The van der Waals surface area contributed by atoms with Gasteiger partial charge in [0, 0.05) is 24.3 Å². The summed E-state index contributed by atoms with van der Waals surface area (Å²) in [4.78, 5) is 0. The minimum atomic E-state index is 0.167. The number of hydrogen-bond acceptors (Lipinski definition) is 3. The molecule has 4 nitrogen and oxygen atoms in total. The van der Waals surface area contributed by atoms with Crippen molar-refractivity contribution >= 4 is 11.6 Å². The van der Waals surface area contributed by atoms with Crippen LogP contribution in [0.5, 0.6) is 0 Å². The molecule has 0 aromatic carbocycles. The van der Waals surface area contributed by atoms with E-state index in [2.05, 4.69) is 30.5 Å². The molecule has 0 aliphatic rings. The van der Waals surface area contributed by atoms with E-state index in [1.54, 1.807) is 6.26 Å². The van der Waals surface area contributed by atoms with Crippen molar-refractivity contribution in [2.24, 2.45) is 0 Å². The van der Waals surface area contributed by atoms with Crippen molar-refractivity contribution in [3.8, 4) is 0 Å². The number of rotatable bonds is 7. The Bertz CT molecular complexity index is 506. The standard InChI is InChI=1S/C14H20ClN3O/c1-3-6-16-13(12-5-7-19-14(12)15)8-11-9-17-18(4-2)10-11/h5,7,9-10,13,16H,3-4,6,8H2,1-2H3. The van der Waals surface area contributed by atoms with E-state index in [1.165, 1.54) is 5.56 Å². The Morgan fingerprint density at radius 3 is 2.89 bits per heavy atom. The summed E-state index contributed by atoms with van der Waals surface area (Å²) >= 11 is 6.08. The maximum absolute atomic E-state index is 6.08. The second kappa shape index (κ2) is 6.78. The van der Waals surface area contributed by atoms with Crippen LogP contribution in [0.3, 0.4) is 0 Å². The molecule has 2 heterocycles. The van der Waals surface area contributed by atoms with Crippen LogP contribution in [0, 0.1) is 0 Å². The summed E-state index contributed by atoms with van der Waals surface area (Å²) < 4.78 is 7.13. The zero-order valence-corrected chi connectivity index (χ0v) is 12.2. The number of nitrogens with zero attached hydrogens (tertiary/aromatic N) is 2. The monoisotopic (exact) mass is 281 g/mol. The van der Waals surface area contributed by atoms with Crippen molar-refractivity contribution in [2.75, 3.05) is 6.54 Å². The Kier molecular flexibility index (Phi) is 5.05. The normalized spacial score (nSPS) is 12.8. The van der Waals surface area contributed by atoms with Gasteiger partial charge in [0.25, 0.3) is 0 Å². The SMILES string of the molecule is CCCNC(Cc1cnn(CC)c1)c1ccoc1Cl. The van der Waals surface area contributed by atoms with Crippen LogP contribution in [0.25, 0.3) is 0 Å². The molecule has 0 saturated carbocycles. The van der Waals surface area contributed by atoms with Gasteiger partial charge in [0.05, 0.1) is 12.5 Å². The van der Waals surface area contributed by atoms with Gasteiger partial charge in [-0.25, -0.2) is 0 Å². The first-order chi connectivity index (χ1) is 9.24. The fourth-order valence-electron chi connectivity index (χ4n) is 2.08. The number of halogens is 1. The Hall–Kier alpha value is -1.26. The van der Waals surface area contributed by atoms with Gasteiger partial charge in [0.15, 0.2) is 5.22 Å². The molecular formula is C14H20ClN3O. The molecule has 0 aliphatic heterocycles. The van der Waals surface area contributed by atoms with Gasteiger partial charge in [-0.1, -0.05) is 6.92 Å². The van der Waals surface area contributed by atoms with Crippen molar-refractivity contribution in [2.45, 2.75) is 39.3 Å². The van der Waals surface area contributed by atoms with Crippen molar-refractivity contribution in [3.63, 3.8) is 0 Å². The summed E-state index contributed by atoms with van der Waals surface area (Å²) in [5.41, 5.74) is 2.21. The Morgan fingerprint density at radius 1 is 1.47 bits per heavy atom. The summed E-state index contributed by atoms with van der Waals surface area (Å²) in [6, 6.07) is 2.10. The van der Waals surface area contributed by atoms with E-state index in [-0.39, 0.29) is 6.04 Å². The van der Waals surface area contributed by atoms with E-state index in [0.717, 1.165) is 31.5 Å². The van der Waals surface area contributed by atoms with E-state index >= 15 is 0 Å². The summed E-state index contributed by atoms with van der Waals surface area (Å²) in [6.45, 7) is 6.07. The molecule has 0 saturated heterocycles. The first-order valence-electron chi connectivity index (χ1n) is 6.72. The minimum Gasteiger partial charge on any atom is -0.453 e. The Morgan fingerprint density at radius 2 is 2.32 bits per heavy atom. The lowest BCUT2D eigenvalue weighted by molar-refractivity contribution is 0.513. The molecule has 2 aromatic rings. The van der Waals surface area contributed by atoms with Crippen LogP contribution >= 0.6 is 11.6 Å². The molecular weight excluding hydrogens is 262 g/mol. The first kappa shape index (κ1) is 14.2. The lowest BCUT2D eigenvalue weighted by Crippen LogP contribution is -2.23. The average molecular weight is 282 g/mol. The predicted molar refractivity (Wildman–Crippen MR) is 76.4 cm³/mol. The third kappa shape index (κ3) is 3.61. The molecule has 1 unspecified atom stereocenters. The topological polar surface area (TPSA) is 43.0 Å². The van der Waals surface area contributed by atoms with Crippen LogP contribution in [0.15, 0.2) is 29.1 Å². The van der Waals surface area contributed by atoms with Gasteiger partial charge in [-0.3, -0.25) is 4.68 Å². The predicted octanol–water partition coefficient (Wildman–Crippen LogP) is 3.43. The van der Waals surface area contributed by atoms with Crippen molar-refractivity contribution in [3.05, 3.63) is 41.1 Å². The summed E-state index contributed by atoms with van der Waals surface area (Å²) in [5.74, 6) is 0. The maximum atomic E-state index is 6.08. The molecule has 0 spiro atoms. The quantitative estimate of drug-likeness (QED) is 0.845. The lowest BCUT2D eigenvalue weighted by atomic mass is 10.0. The van der Waals surface area contributed by atoms with Gasteiger partial charge in [0.1, 0.15) is 0 Å². The first-order valence-corrected chi connectivity index (χ1v) is 7.10. The van der Waals surface area contributed by atoms with E-state index in [9.17, 15) is 0 Å². The maximum Gasteiger partial charge on any atom is 0.197 e. The van der Waals surface area contributed by atoms with Gasteiger partial charge in [-0.2, -0.15) is 5.10 Å². The van der Waals surface area contributed by atoms with Crippen LogP contribution in [-0.2, 0) is 13.0 Å². The smallest absolute Gasteiger partial charge is 0.197 e. The highest BCUT2D eigenvalue weighted by molar-refractivity contribution is 6.29. The van der Waals surface area contributed by atoms with Crippen LogP contribution in [-0.4, -0.2) is 16.3 Å². The number of furan rings is 1. The summed E-state index contributed by atoms with van der Waals surface area (Å²) in [7, 11) is 0. The second-order valence-electron chi connectivity index (χ2n) is 4.56. The Balaban J connectivity index is 2.11. The van der Waals surface area contributed by atoms with E-state index in [4.69, 9.17) is 16.0 Å². The molecule has 5 heteroatoms. The van der Waals surface area contributed by atoms with Crippen molar-refractivity contribution in [1.82, 2.24) is 15.1 Å². The van der Waals surface area contributed by atoms with Gasteiger partial charge in [0.2, 0.25) is 0 Å². The van der Waals surface area contributed by atoms with Crippen molar-refractivity contribution in [1.29, 1.82) is 0 Å². The van der Waals surface area contributed by atoms with Crippen LogP contribution < -0.4 is 5.32 Å². The molecule has 0 bridgehead atoms. The molecule has 0 amide bonds. The van der Waals surface area contributed by atoms with E-state index < -0.39 is 0 Å². The number of aryl methyl sites for hydroxylation is 1. The molecule has 104 valence electrons. The molecule has 19 heavy (non-hydrogen) atoms. The highest BCUT2D eigenvalue weighted by Gasteiger charge is 2.17. The third-order valence-electron chi connectivity index (χ3n) is 3.11. The van der Waals surface area contributed by atoms with Crippen LogP contribution in [0.2, 0.25) is 5.22 Å². The van der Waals surface area contributed by atoms with Gasteiger partial charge < -0.3 is 9.73 Å². The van der Waals surface area contributed by atoms with Gasteiger partial charge in [-0.05, 0) is 49.5 Å². The molecule has 2 rings (SSSR count). The largest absolute Gasteiger partial charge is 0.453 e. The lowest BCUT2D eigenvalue weighted by Gasteiger charge is -2.16. The van der Waals surface area contributed by atoms with E-state index in [1.807, 2.05) is 16.9 Å². The highest BCUT2D eigenvalue weighted by atomic mass is 35.5. The molecule has 0 radical (unpaired) electrons. The Labute approximate surface area is 118 Å². The summed E-state index contributed by atoms with van der Waals surface area (Å²) in [6.07, 6.45) is 7.57.